The number of nitrogens with zero attached hydrogens (tertiary/aromatic N) is 3. The van der Waals surface area contributed by atoms with E-state index in [4.69, 9.17) is 4.74 Å². The Morgan fingerprint density at radius 3 is 2.93 bits per heavy atom. The summed E-state index contributed by atoms with van der Waals surface area (Å²) in [6.45, 7) is 7.75. The number of ether oxygens (including phenoxy) is 1. The van der Waals surface area contributed by atoms with E-state index in [-0.39, 0.29) is 12.5 Å². The molecule has 6 heteroatoms. The van der Waals surface area contributed by atoms with Crippen molar-refractivity contribution in [3.63, 3.8) is 0 Å². The predicted molar refractivity (Wildman–Crippen MR) is 110 cm³/mol. The molecule has 28 heavy (non-hydrogen) atoms. The molecule has 1 N–H and O–H groups in total. The molecule has 1 aliphatic heterocycles. The lowest BCUT2D eigenvalue weighted by Gasteiger charge is -2.21. The second-order valence-corrected chi connectivity index (χ2v) is 8.04. The summed E-state index contributed by atoms with van der Waals surface area (Å²) in [6, 6.07) is 9.97. The van der Waals surface area contributed by atoms with Crippen molar-refractivity contribution in [1.29, 1.82) is 0 Å². The summed E-state index contributed by atoms with van der Waals surface area (Å²) >= 11 is 0. The quantitative estimate of drug-likeness (QED) is 0.760. The van der Waals surface area contributed by atoms with Crippen LogP contribution >= 0.6 is 0 Å². The smallest absolute Gasteiger partial charge is 0.244 e. The molecule has 1 saturated heterocycles. The third-order valence-electron chi connectivity index (χ3n) is 5.05. The van der Waals surface area contributed by atoms with Gasteiger partial charge in [-0.3, -0.25) is 9.48 Å². The van der Waals surface area contributed by atoms with Crippen LogP contribution in [0.3, 0.4) is 0 Å². The van der Waals surface area contributed by atoms with Gasteiger partial charge in [-0.1, -0.05) is 32.0 Å². The van der Waals surface area contributed by atoms with Crippen LogP contribution < -0.4 is 10.1 Å². The van der Waals surface area contributed by atoms with Gasteiger partial charge in [0, 0.05) is 37.8 Å². The number of nitrogens with one attached hydrogen (secondary N) is 1. The van der Waals surface area contributed by atoms with Crippen LogP contribution in [0.25, 0.3) is 0 Å². The number of hydrogen-bond acceptors (Lipinski definition) is 4. The van der Waals surface area contributed by atoms with Crippen LogP contribution in [-0.4, -0.2) is 47.3 Å². The molecule has 6 nitrogen and oxygen atoms in total. The lowest BCUT2D eigenvalue weighted by Crippen LogP contribution is -2.30. The molecule has 152 valence electrons. The maximum absolute atomic E-state index is 12.7. The van der Waals surface area contributed by atoms with Crippen molar-refractivity contribution in [3.05, 3.63) is 47.8 Å². The normalized spacial score (nSPS) is 16.9. The second kappa shape index (κ2) is 9.73. The van der Waals surface area contributed by atoms with Gasteiger partial charge in [-0.2, -0.15) is 5.10 Å². The fourth-order valence-corrected chi connectivity index (χ4v) is 3.42. The maximum Gasteiger partial charge on any atom is 0.244 e. The minimum Gasteiger partial charge on any atom is -0.493 e. The van der Waals surface area contributed by atoms with Gasteiger partial charge in [-0.05, 0) is 37.4 Å². The van der Waals surface area contributed by atoms with E-state index < -0.39 is 0 Å². The molecule has 3 rings (SSSR count). The van der Waals surface area contributed by atoms with Gasteiger partial charge in [-0.15, -0.1) is 0 Å². The van der Waals surface area contributed by atoms with E-state index in [1.54, 1.807) is 9.58 Å². The predicted octanol–water partition coefficient (Wildman–Crippen LogP) is 3.04. The Morgan fingerprint density at radius 1 is 1.36 bits per heavy atom. The summed E-state index contributed by atoms with van der Waals surface area (Å²) in [5, 5.41) is 8.05. The van der Waals surface area contributed by atoms with E-state index in [0.717, 1.165) is 36.5 Å². The van der Waals surface area contributed by atoms with Crippen LogP contribution in [0.5, 0.6) is 5.75 Å². The SMILES string of the molecule is CC(C)COc1ccccc1CN(C)C(=O)Cn1ccc([C@H]2CCCNC2)n1. The zero-order valence-electron chi connectivity index (χ0n) is 17.2. The van der Waals surface area contributed by atoms with Gasteiger partial charge in [0.1, 0.15) is 12.3 Å². The molecule has 1 amide bonds. The van der Waals surface area contributed by atoms with Crippen molar-refractivity contribution in [2.75, 3.05) is 26.7 Å². The van der Waals surface area contributed by atoms with E-state index in [9.17, 15) is 4.79 Å². The molecular formula is C22H32N4O2. The number of rotatable bonds is 8. The summed E-state index contributed by atoms with van der Waals surface area (Å²) in [4.78, 5) is 14.4. The number of likely N-dealkylation sites (N-methyl/N-ethyl adjacent to an activating group) is 1. The number of benzene rings is 1. The monoisotopic (exact) mass is 384 g/mol. The van der Waals surface area contributed by atoms with Gasteiger partial charge in [0.05, 0.1) is 12.3 Å². The summed E-state index contributed by atoms with van der Waals surface area (Å²) in [5.41, 5.74) is 2.10. The van der Waals surface area contributed by atoms with E-state index in [1.165, 1.54) is 6.42 Å². The molecule has 1 fully saturated rings. The zero-order chi connectivity index (χ0) is 19.9. The van der Waals surface area contributed by atoms with Crippen LogP contribution in [0.4, 0.5) is 0 Å². The lowest BCUT2D eigenvalue weighted by molar-refractivity contribution is -0.131. The van der Waals surface area contributed by atoms with E-state index in [2.05, 4.69) is 24.3 Å². The minimum absolute atomic E-state index is 0.0371. The number of amides is 1. The molecule has 1 aromatic carbocycles. The van der Waals surface area contributed by atoms with Crippen LogP contribution in [0.2, 0.25) is 0 Å². The first-order valence-electron chi connectivity index (χ1n) is 10.2. The molecule has 1 atom stereocenters. The standard InChI is InChI=1S/C22H32N4O2/c1-17(2)16-28-21-9-5-4-7-19(21)14-25(3)22(27)15-26-12-10-20(24-26)18-8-6-11-23-13-18/h4-5,7,9-10,12,17-18,23H,6,8,11,13-16H2,1-3H3/t18-/m0/s1. The highest BCUT2D eigenvalue weighted by Gasteiger charge is 2.19. The first-order valence-corrected chi connectivity index (χ1v) is 10.2. The van der Waals surface area contributed by atoms with Crippen molar-refractivity contribution in [3.8, 4) is 5.75 Å². The van der Waals surface area contributed by atoms with Crippen molar-refractivity contribution in [2.45, 2.75) is 45.7 Å². The molecule has 0 bridgehead atoms. The van der Waals surface area contributed by atoms with Crippen molar-refractivity contribution in [2.24, 2.45) is 5.92 Å². The Labute approximate surface area is 167 Å². The van der Waals surface area contributed by atoms with Crippen LogP contribution in [0, 0.1) is 5.92 Å². The third kappa shape index (κ3) is 5.58. The Kier molecular flexibility index (Phi) is 7.09. The molecule has 0 unspecified atom stereocenters. The molecule has 2 aromatic rings. The molecular weight excluding hydrogens is 352 g/mol. The summed E-state index contributed by atoms with van der Waals surface area (Å²) in [6.07, 6.45) is 4.25. The maximum atomic E-state index is 12.7. The first kappa shape index (κ1) is 20.4. The molecule has 0 aliphatic carbocycles. The number of carbonyl (C=O) groups is 1. The van der Waals surface area contributed by atoms with E-state index >= 15 is 0 Å². The van der Waals surface area contributed by atoms with Gasteiger partial charge in [-0.25, -0.2) is 0 Å². The molecule has 2 heterocycles. The van der Waals surface area contributed by atoms with Crippen LogP contribution in [-0.2, 0) is 17.9 Å². The highest BCUT2D eigenvalue weighted by atomic mass is 16.5. The van der Waals surface area contributed by atoms with E-state index in [1.807, 2.05) is 43.6 Å². The highest BCUT2D eigenvalue weighted by Crippen LogP contribution is 2.22. The minimum atomic E-state index is 0.0371. The summed E-state index contributed by atoms with van der Waals surface area (Å²) in [7, 11) is 1.83. The number of hydrogen-bond donors (Lipinski definition) is 1. The molecule has 1 aliphatic rings. The van der Waals surface area contributed by atoms with Crippen LogP contribution in [0.15, 0.2) is 36.5 Å². The van der Waals surface area contributed by atoms with Crippen LogP contribution in [0.1, 0.15) is 43.9 Å². The summed E-state index contributed by atoms with van der Waals surface area (Å²) < 4.78 is 7.66. The second-order valence-electron chi connectivity index (χ2n) is 8.04. The Bertz CT molecular complexity index is 765. The largest absolute Gasteiger partial charge is 0.493 e. The fourth-order valence-electron chi connectivity index (χ4n) is 3.42. The molecule has 1 aromatic heterocycles. The van der Waals surface area contributed by atoms with E-state index in [0.29, 0.717) is 25.0 Å². The Balaban J connectivity index is 1.57. The zero-order valence-corrected chi connectivity index (χ0v) is 17.2. The topological polar surface area (TPSA) is 59.4 Å². The highest BCUT2D eigenvalue weighted by molar-refractivity contribution is 5.75. The lowest BCUT2D eigenvalue weighted by atomic mass is 9.97. The number of para-hydroxylation sites is 1. The molecule has 0 spiro atoms. The van der Waals surface area contributed by atoms with Gasteiger partial charge in [0.25, 0.3) is 0 Å². The summed E-state index contributed by atoms with van der Waals surface area (Å²) in [5.74, 6) is 1.80. The average Bonchev–Trinajstić information content (AvgIpc) is 3.16. The van der Waals surface area contributed by atoms with Crippen molar-refractivity contribution >= 4 is 5.91 Å². The van der Waals surface area contributed by atoms with Gasteiger partial charge in [0.2, 0.25) is 5.91 Å². The average molecular weight is 385 g/mol. The number of carbonyl (C=O) groups excluding carboxylic acids is 1. The van der Waals surface area contributed by atoms with Gasteiger partial charge in [0.15, 0.2) is 0 Å². The number of piperidine rings is 1. The van der Waals surface area contributed by atoms with Crippen molar-refractivity contribution in [1.82, 2.24) is 20.0 Å². The van der Waals surface area contributed by atoms with Gasteiger partial charge < -0.3 is 15.0 Å². The molecule has 0 saturated carbocycles. The first-order chi connectivity index (χ1) is 13.5. The Morgan fingerprint density at radius 2 is 2.18 bits per heavy atom. The fraction of sp³-hybridized carbons (Fsp3) is 0.545. The molecule has 0 radical (unpaired) electrons. The van der Waals surface area contributed by atoms with Gasteiger partial charge >= 0.3 is 0 Å². The number of aromatic nitrogens is 2. The third-order valence-corrected chi connectivity index (χ3v) is 5.05. The van der Waals surface area contributed by atoms with Crippen molar-refractivity contribution < 1.29 is 9.53 Å². The Hall–Kier alpha value is -2.34.